The molecule has 1 atom stereocenters. The van der Waals surface area contributed by atoms with E-state index in [9.17, 15) is 4.79 Å². The molecule has 0 aliphatic carbocycles. The predicted octanol–water partition coefficient (Wildman–Crippen LogP) is 3.38. The molecule has 26 heavy (non-hydrogen) atoms. The summed E-state index contributed by atoms with van der Waals surface area (Å²) in [4.78, 5) is 19.1. The van der Waals surface area contributed by atoms with Crippen molar-refractivity contribution < 1.29 is 9.53 Å². The molecule has 0 saturated carbocycles. The highest BCUT2D eigenvalue weighted by molar-refractivity contribution is 5.88. The smallest absolute Gasteiger partial charge is 0.323 e. The molecule has 140 valence electrons. The largest absolute Gasteiger partial charge is 0.376 e. The average Bonchev–Trinajstić information content (AvgIpc) is 3.24. The number of carbonyl (C=O) groups is 1. The fourth-order valence-corrected chi connectivity index (χ4v) is 3.13. The lowest BCUT2D eigenvalue weighted by Crippen LogP contribution is -2.40. The molecule has 0 spiro atoms. The van der Waals surface area contributed by atoms with Gasteiger partial charge < -0.3 is 9.64 Å². The van der Waals surface area contributed by atoms with Gasteiger partial charge in [0, 0.05) is 31.5 Å². The monoisotopic (exact) mass is 357 g/mol. The fourth-order valence-electron chi connectivity index (χ4n) is 3.13. The number of aryl methyl sites for hydroxylation is 1. The maximum atomic E-state index is 13.0. The second-order valence-corrected chi connectivity index (χ2v) is 6.98. The number of urea groups is 1. The molecule has 3 heterocycles. The first-order valence-corrected chi connectivity index (χ1v) is 9.16. The van der Waals surface area contributed by atoms with E-state index in [1.54, 1.807) is 11.1 Å². The summed E-state index contributed by atoms with van der Waals surface area (Å²) in [5.74, 6) is 0.709. The Morgan fingerprint density at radius 3 is 2.96 bits per heavy atom. The van der Waals surface area contributed by atoms with Crippen LogP contribution in [0.15, 0.2) is 30.5 Å². The summed E-state index contributed by atoms with van der Waals surface area (Å²) in [5, 5.41) is 7.47. The minimum Gasteiger partial charge on any atom is -0.376 e. The Kier molecular flexibility index (Phi) is 5.88. The molecule has 1 saturated heterocycles. The number of carbonyl (C=O) groups excluding carboxylic acids is 1. The molecule has 7 nitrogen and oxygen atoms in total. The van der Waals surface area contributed by atoms with Crippen molar-refractivity contribution in [1.29, 1.82) is 0 Å². The van der Waals surface area contributed by atoms with Crippen LogP contribution in [0.2, 0.25) is 0 Å². The van der Waals surface area contributed by atoms with Gasteiger partial charge >= 0.3 is 6.03 Å². The van der Waals surface area contributed by atoms with E-state index in [1.807, 2.05) is 49.7 Å². The summed E-state index contributed by atoms with van der Waals surface area (Å²) in [7, 11) is 0. The van der Waals surface area contributed by atoms with Gasteiger partial charge in [-0.15, -0.1) is 0 Å². The molecule has 1 unspecified atom stereocenters. The van der Waals surface area contributed by atoms with Crippen LogP contribution < -0.4 is 5.32 Å². The van der Waals surface area contributed by atoms with Crippen LogP contribution >= 0.6 is 0 Å². The maximum absolute atomic E-state index is 13.0. The van der Waals surface area contributed by atoms with Crippen molar-refractivity contribution >= 4 is 11.8 Å². The van der Waals surface area contributed by atoms with Gasteiger partial charge in [-0.25, -0.2) is 9.48 Å². The summed E-state index contributed by atoms with van der Waals surface area (Å²) in [6.45, 7) is 7.77. The van der Waals surface area contributed by atoms with Crippen molar-refractivity contribution in [2.24, 2.45) is 0 Å². The lowest BCUT2D eigenvalue weighted by molar-refractivity contribution is 0.0816. The number of pyridine rings is 1. The molecule has 2 amide bonds. The van der Waals surface area contributed by atoms with E-state index in [0.29, 0.717) is 18.9 Å². The molecular formula is C19H27N5O2. The SMILES string of the molecule is Cc1cc(NC(=O)N(Cc2ccccn2)CC2CCCO2)n(C(C)C)n1. The Bertz CT molecular complexity index is 723. The molecule has 2 aromatic rings. The summed E-state index contributed by atoms with van der Waals surface area (Å²) in [5.41, 5.74) is 1.73. The summed E-state index contributed by atoms with van der Waals surface area (Å²) < 4.78 is 7.56. The molecule has 0 bridgehead atoms. The minimum absolute atomic E-state index is 0.0845. The van der Waals surface area contributed by atoms with Gasteiger partial charge in [0.2, 0.25) is 0 Å². The Morgan fingerprint density at radius 1 is 1.46 bits per heavy atom. The first kappa shape index (κ1) is 18.4. The average molecular weight is 357 g/mol. The maximum Gasteiger partial charge on any atom is 0.323 e. The Morgan fingerprint density at radius 2 is 2.31 bits per heavy atom. The number of nitrogens with zero attached hydrogens (tertiary/aromatic N) is 4. The van der Waals surface area contributed by atoms with E-state index in [1.165, 1.54) is 0 Å². The van der Waals surface area contributed by atoms with Gasteiger partial charge in [0.05, 0.1) is 24.0 Å². The number of aromatic nitrogens is 3. The van der Waals surface area contributed by atoms with Crippen molar-refractivity contribution in [1.82, 2.24) is 19.7 Å². The van der Waals surface area contributed by atoms with Crippen molar-refractivity contribution in [3.8, 4) is 0 Å². The highest BCUT2D eigenvalue weighted by Gasteiger charge is 2.24. The first-order chi connectivity index (χ1) is 12.5. The van der Waals surface area contributed by atoms with E-state index in [2.05, 4.69) is 15.4 Å². The Balaban J connectivity index is 1.75. The number of hydrogen-bond acceptors (Lipinski definition) is 4. The van der Waals surface area contributed by atoms with Gasteiger partial charge in [0.1, 0.15) is 5.82 Å². The van der Waals surface area contributed by atoms with E-state index in [0.717, 1.165) is 30.8 Å². The number of hydrogen-bond donors (Lipinski definition) is 1. The van der Waals surface area contributed by atoms with Crippen LogP contribution in [0, 0.1) is 6.92 Å². The van der Waals surface area contributed by atoms with Crippen LogP contribution in [-0.2, 0) is 11.3 Å². The standard InChI is InChI=1S/C19H27N5O2/c1-14(2)24-18(11-15(3)22-24)21-19(25)23(13-17-8-6-10-26-17)12-16-7-4-5-9-20-16/h4-5,7,9,11,14,17H,6,8,10,12-13H2,1-3H3,(H,21,25). The van der Waals surface area contributed by atoms with Gasteiger partial charge in [-0.2, -0.15) is 5.10 Å². The zero-order valence-electron chi connectivity index (χ0n) is 15.7. The number of amides is 2. The normalized spacial score (nSPS) is 16.8. The van der Waals surface area contributed by atoms with Crippen molar-refractivity contribution in [2.45, 2.75) is 52.3 Å². The van der Waals surface area contributed by atoms with Crippen molar-refractivity contribution in [3.63, 3.8) is 0 Å². The van der Waals surface area contributed by atoms with Crippen LogP contribution in [0.25, 0.3) is 0 Å². The van der Waals surface area contributed by atoms with Gasteiger partial charge in [-0.05, 0) is 45.7 Å². The highest BCUT2D eigenvalue weighted by atomic mass is 16.5. The second kappa shape index (κ2) is 8.31. The fraction of sp³-hybridized carbons (Fsp3) is 0.526. The third kappa shape index (κ3) is 4.60. The summed E-state index contributed by atoms with van der Waals surface area (Å²) in [6.07, 6.45) is 3.86. The third-order valence-electron chi connectivity index (χ3n) is 4.40. The third-order valence-corrected chi connectivity index (χ3v) is 4.40. The highest BCUT2D eigenvalue weighted by Crippen LogP contribution is 2.19. The number of ether oxygens (including phenoxy) is 1. The van der Waals surface area contributed by atoms with Crippen molar-refractivity contribution in [2.75, 3.05) is 18.5 Å². The van der Waals surface area contributed by atoms with Crippen LogP contribution in [0.4, 0.5) is 10.6 Å². The molecule has 1 N–H and O–H groups in total. The van der Waals surface area contributed by atoms with E-state index < -0.39 is 0 Å². The zero-order chi connectivity index (χ0) is 18.5. The summed E-state index contributed by atoms with van der Waals surface area (Å²) in [6, 6.07) is 7.63. The lowest BCUT2D eigenvalue weighted by atomic mass is 10.2. The number of anilines is 1. The van der Waals surface area contributed by atoms with Crippen LogP contribution in [0.5, 0.6) is 0 Å². The second-order valence-electron chi connectivity index (χ2n) is 6.98. The molecule has 1 fully saturated rings. The Labute approximate surface area is 154 Å². The van der Waals surface area contributed by atoms with Gasteiger partial charge in [0.25, 0.3) is 0 Å². The lowest BCUT2D eigenvalue weighted by Gasteiger charge is -2.25. The molecular weight excluding hydrogens is 330 g/mol. The van der Waals surface area contributed by atoms with E-state index >= 15 is 0 Å². The van der Waals surface area contributed by atoms with Gasteiger partial charge in [-0.1, -0.05) is 6.07 Å². The minimum atomic E-state index is -0.159. The molecule has 0 radical (unpaired) electrons. The van der Waals surface area contributed by atoms with E-state index in [-0.39, 0.29) is 18.2 Å². The molecule has 2 aromatic heterocycles. The first-order valence-electron chi connectivity index (χ1n) is 9.16. The number of nitrogens with one attached hydrogen (secondary N) is 1. The topological polar surface area (TPSA) is 72.3 Å². The molecule has 0 aromatic carbocycles. The van der Waals surface area contributed by atoms with Gasteiger partial charge in [0.15, 0.2) is 0 Å². The summed E-state index contributed by atoms with van der Waals surface area (Å²) >= 11 is 0. The molecule has 3 rings (SSSR count). The molecule has 1 aliphatic rings. The van der Waals surface area contributed by atoms with Crippen molar-refractivity contribution in [3.05, 3.63) is 41.9 Å². The molecule has 7 heteroatoms. The Hall–Kier alpha value is -2.41. The van der Waals surface area contributed by atoms with Crippen LogP contribution in [0.1, 0.15) is 44.1 Å². The van der Waals surface area contributed by atoms with Crippen LogP contribution in [-0.4, -0.2) is 45.0 Å². The van der Waals surface area contributed by atoms with Gasteiger partial charge in [-0.3, -0.25) is 10.3 Å². The quantitative estimate of drug-likeness (QED) is 0.860. The predicted molar refractivity (Wildman–Crippen MR) is 100.0 cm³/mol. The van der Waals surface area contributed by atoms with Crippen LogP contribution in [0.3, 0.4) is 0 Å². The molecule has 1 aliphatic heterocycles. The number of rotatable bonds is 6. The zero-order valence-corrected chi connectivity index (χ0v) is 15.7. The van der Waals surface area contributed by atoms with E-state index in [4.69, 9.17) is 4.74 Å².